The first-order valence-corrected chi connectivity index (χ1v) is 6.35. The minimum Gasteiger partial charge on any atom is -0.369 e. The van der Waals surface area contributed by atoms with Crippen LogP contribution in [0.3, 0.4) is 0 Å². The zero-order valence-electron chi connectivity index (χ0n) is 10.6. The van der Waals surface area contributed by atoms with E-state index in [-0.39, 0.29) is 17.6 Å². The monoisotopic (exact) mass is 264 g/mol. The van der Waals surface area contributed by atoms with Gasteiger partial charge in [-0.2, -0.15) is 0 Å². The second-order valence-electron chi connectivity index (χ2n) is 4.92. The molecule has 1 heterocycles. The Morgan fingerprint density at radius 1 is 1.42 bits per heavy atom. The fourth-order valence-corrected chi connectivity index (χ4v) is 2.38. The van der Waals surface area contributed by atoms with E-state index in [1.807, 2.05) is 0 Å². The van der Waals surface area contributed by atoms with E-state index < -0.39 is 0 Å². The number of benzene rings is 1. The standard InChI is InChI=1S/C14H17FN2O2/c15-13-7-10(9-18)1-2-12(13)8-17-5-3-11(4-6-17)14(16)19/h1-2,7,9,11H,3-6,8H2,(H2,16,19). The fourth-order valence-electron chi connectivity index (χ4n) is 2.38. The Bertz CT molecular complexity index is 482. The number of halogens is 1. The highest BCUT2D eigenvalue weighted by molar-refractivity contribution is 5.76. The van der Waals surface area contributed by atoms with Crippen molar-refractivity contribution in [2.45, 2.75) is 19.4 Å². The van der Waals surface area contributed by atoms with Gasteiger partial charge in [0.1, 0.15) is 12.1 Å². The Morgan fingerprint density at radius 2 is 2.11 bits per heavy atom. The van der Waals surface area contributed by atoms with Crippen molar-refractivity contribution in [3.8, 4) is 0 Å². The topological polar surface area (TPSA) is 63.4 Å². The van der Waals surface area contributed by atoms with Gasteiger partial charge in [0.2, 0.25) is 5.91 Å². The van der Waals surface area contributed by atoms with Crippen LogP contribution in [0, 0.1) is 11.7 Å². The molecular formula is C14H17FN2O2. The van der Waals surface area contributed by atoms with E-state index in [0.29, 0.717) is 24.0 Å². The maximum atomic E-state index is 13.7. The van der Waals surface area contributed by atoms with E-state index in [1.54, 1.807) is 12.1 Å². The van der Waals surface area contributed by atoms with Crippen molar-refractivity contribution in [1.82, 2.24) is 4.90 Å². The van der Waals surface area contributed by atoms with Crippen molar-refractivity contribution < 1.29 is 14.0 Å². The van der Waals surface area contributed by atoms with Gasteiger partial charge in [-0.3, -0.25) is 14.5 Å². The molecule has 0 unspecified atom stereocenters. The first-order chi connectivity index (χ1) is 9.10. The van der Waals surface area contributed by atoms with Gasteiger partial charge in [-0.25, -0.2) is 4.39 Å². The molecule has 1 saturated heterocycles. The van der Waals surface area contributed by atoms with Gasteiger partial charge in [0, 0.05) is 23.6 Å². The quantitative estimate of drug-likeness (QED) is 0.835. The van der Waals surface area contributed by atoms with Crippen LogP contribution in [0.2, 0.25) is 0 Å². The number of nitrogens with two attached hydrogens (primary N) is 1. The van der Waals surface area contributed by atoms with Gasteiger partial charge >= 0.3 is 0 Å². The minimum atomic E-state index is -0.360. The van der Waals surface area contributed by atoms with Crippen molar-refractivity contribution >= 4 is 12.2 Å². The lowest BCUT2D eigenvalue weighted by atomic mass is 9.96. The van der Waals surface area contributed by atoms with Crippen LogP contribution >= 0.6 is 0 Å². The molecule has 1 aliphatic rings. The van der Waals surface area contributed by atoms with Gasteiger partial charge in [0.25, 0.3) is 0 Å². The lowest BCUT2D eigenvalue weighted by Gasteiger charge is -2.30. The summed E-state index contributed by atoms with van der Waals surface area (Å²) in [4.78, 5) is 23.7. The van der Waals surface area contributed by atoms with Crippen LogP contribution in [0.4, 0.5) is 4.39 Å². The van der Waals surface area contributed by atoms with Crippen molar-refractivity contribution in [3.63, 3.8) is 0 Å². The summed E-state index contributed by atoms with van der Waals surface area (Å²) in [5, 5.41) is 0. The average molecular weight is 264 g/mol. The lowest BCUT2D eigenvalue weighted by molar-refractivity contribution is -0.123. The molecule has 1 aromatic carbocycles. The predicted octanol–water partition coefficient (Wildman–Crippen LogP) is 1.34. The van der Waals surface area contributed by atoms with Crippen LogP contribution in [0.1, 0.15) is 28.8 Å². The van der Waals surface area contributed by atoms with Gasteiger partial charge in [0.15, 0.2) is 0 Å². The van der Waals surface area contributed by atoms with E-state index in [0.717, 1.165) is 25.9 Å². The van der Waals surface area contributed by atoms with E-state index in [2.05, 4.69) is 4.90 Å². The summed E-state index contributed by atoms with van der Waals surface area (Å²) in [6.07, 6.45) is 2.08. The number of aldehydes is 1. The SMILES string of the molecule is NC(=O)C1CCN(Cc2ccc(C=O)cc2F)CC1. The maximum Gasteiger partial charge on any atom is 0.220 e. The molecule has 4 nitrogen and oxygen atoms in total. The maximum absolute atomic E-state index is 13.7. The molecule has 2 N–H and O–H groups in total. The first-order valence-electron chi connectivity index (χ1n) is 6.35. The predicted molar refractivity (Wildman–Crippen MR) is 69.0 cm³/mol. The summed E-state index contributed by atoms with van der Waals surface area (Å²) in [6.45, 7) is 1.97. The summed E-state index contributed by atoms with van der Waals surface area (Å²) >= 11 is 0. The minimum absolute atomic E-state index is 0.0569. The van der Waals surface area contributed by atoms with Crippen molar-refractivity contribution in [2.75, 3.05) is 13.1 Å². The molecule has 1 fully saturated rings. The highest BCUT2D eigenvalue weighted by atomic mass is 19.1. The molecule has 19 heavy (non-hydrogen) atoms. The highest BCUT2D eigenvalue weighted by Crippen LogP contribution is 2.20. The molecule has 1 aliphatic heterocycles. The average Bonchev–Trinajstić information content (AvgIpc) is 2.41. The van der Waals surface area contributed by atoms with Gasteiger partial charge in [-0.15, -0.1) is 0 Å². The molecule has 1 amide bonds. The molecule has 1 aromatic rings. The Labute approximate surface area is 111 Å². The van der Waals surface area contributed by atoms with Crippen LogP contribution in [-0.2, 0) is 11.3 Å². The number of hydrogen-bond donors (Lipinski definition) is 1. The molecule has 0 bridgehead atoms. The highest BCUT2D eigenvalue weighted by Gasteiger charge is 2.23. The molecule has 2 rings (SSSR count). The number of carbonyl (C=O) groups excluding carboxylic acids is 2. The molecule has 0 aliphatic carbocycles. The third-order valence-electron chi connectivity index (χ3n) is 3.60. The summed E-state index contributed by atoms with van der Waals surface area (Å²) in [5.41, 5.74) is 6.18. The molecule has 0 saturated carbocycles. The number of carbonyl (C=O) groups is 2. The third-order valence-corrected chi connectivity index (χ3v) is 3.60. The van der Waals surface area contributed by atoms with E-state index >= 15 is 0 Å². The summed E-state index contributed by atoms with van der Waals surface area (Å²) in [7, 11) is 0. The summed E-state index contributed by atoms with van der Waals surface area (Å²) in [5.74, 6) is -0.665. The number of primary amides is 1. The number of piperidine rings is 1. The number of hydrogen-bond acceptors (Lipinski definition) is 3. The zero-order valence-corrected chi connectivity index (χ0v) is 10.6. The largest absolute Gasteiger partial charge is 0.369 e. The van der Waals surface area contributed by atoms with E-state index in [9.17, 15) is 14.0 Å². The number of likely N-dealkylation sites (tertiary alicyclic amines) is 1. The first kappa shape index (κ1) is 13.7. The third kappa shape index (κ3) is 3.38. The zero-order chi connectivity index (χ0) is 13.8. The van der Waals surface area contributed by atoms with E-state index in [4.69, 9.17) is 5.73 Å². The summed E-state index contributed by atoms with van der Waals surface area (Å²) in [6, 6.07) is 4.50. The Hall–Kier alpha value is -1.75. The Kier molecular flexibility index (Phi) is 4.27. The lowest BCUT2D eigenvalue weighted by Crippen LogP contribution is -2.38. The van der Waals surface area contributed by atoms with Crippen LogP contribution in [0.15, 0.2) is 18.2 Å². The van der Waals surface area contributed by atoms with Crippen LogP contribution in [-0.4, -0.2) is 30.2 Å². The van der Waals surface area contributed by atoms with E-state index in [1.165, 1.54) is 6.07 Å². The van der Waals surface area contributed by atoms with Gasteiger partial charge in [0.05, 0.1) is 0 Å². The van der Waals surface area contributed by atoms with Gasteiger partial charge < -0.3 is 5.73 Å². The Balaban J connectivity index is 1.95. The smallest absolute Gasteiger partial charge is 0.220 e. The number of rotatable bonds is 4. The van der Waals surface area contributed by atoms with Gasteiger partial charge in [-0.1, -0.05) is 12.1 Å². The molecule has 0 aromatic heterocycles. The molecule has 102 valence electrons. The normalized spacial score (nSPS) is 17.3. The van der Waals surface area contributed by atoms with Crippen molar-refractivity contribution in [3.05, 3.63) is 35.1 Å². The fraction of sp³-hybridized carbons (Fsp3) is 0.429. The van der Waals surface area contributed by atoms with Gasteiger partial charge in [-0.05, 0) is 32.0 Å². The molecule has 0 atom stereocenters. The molecule has 0 spiro atoms. The van der Waals surface area contributed by atoms with Crippen LogP contribution < -0.4 is 5.73 Å². The van der Waals surface area contributed by atoms with Crippen molar-refractivity contribution in [1.29, 1.82) is 0 Å². The van der Waals surface area contributed by atoms with Crippen molar-refractivity contribution in [2.24, 2.45) is 11.7 Å². The Morgan fingerprint density at radius 3 is 2.63 bits per heavy atom. The van der Waals surface area contributed by atoms with Crippen LogP contribution in [0.25, 0.3) is 0 Å². The number of amides is 1. The molecule has 0 radical (unpaired) electrons. The second-order valence-corrected chi connectivity index (χ2v) is 4.92. The summed E-state index contributed by atoms with van der Waals surface area (Å²) < 4.78 is 13.7. The second kappa shape index (κ2) is 5.93. The molecule has 5 heteroatoms. The molecular weight excluding hydrogens is 247 g/mol. The van der Waals surface area contributed by atoms with Crippen LogP contribution in [0.5, 0.6) is 0 Å². The number of nitrogens with zero attached hydrogens (tertiary/aromatic N) is 1.